The summed E-state index contributed by atoms with van der Waals surface area (Å²) in [5.74, 6) is 1.48. The topological polar surface area (TPSA) is 70.2 Å². The highest BCUT2D eigenvalue weighted by Gasteiger charge is 2.31. The third-order valence-electron chi connectivity index (χ3n) is 4.85. The lowest BCUT2D eigenvalue weighted by Crippen LogP contribution is -2.41. The number of aromatic nitrogens is 3. The van der Waals surface area contributed by atoms with Crippen molar-refractivity contribution in [3.05, 3.63) is 59.3 Å². The van der Waals surface area contributed by atoms with Crippen molar-refractivity contribution in [2.75, 3.05) is 6.54 Å². The zero-order valence-corrected chi connectivity index (χ0v) is 16.6. The standard InChI is InChI=1S/C20H23F3N6/c1-12-5-7-16(8-6-12)17(24)28-9-10-29-18(26-27-19(29)15(28)4)14(3)25-13(2)11-20(21,22)23/h5-8,15,24H,2,9-11H2,1,3-4H3/t15-/m1/s1. The van der Waals surface area contributed by atoms with E-state index in [2.05, 4.69) is 21.8 Å². The van der Waals surface area contributed by atoms with Gasteiger partial charge in [0, 0.05) is 24.4 Å². The lowest BCUT2D eigenvalue weighted by molar-refractivity contribution is -0.127. The van der Waals surface area contributed by atoms with Crippen molar-refractivity contribution in [1.29, 1.82) is 5.41 Å². The summed E-state index contributed by atoms with van der Waals surface area (Å²) in [6.45, 7) is 9.99. The third kappa shape index (κ3) is 4.55. The minimum absolute atomic E-state index is 0.204. The van der Waals surface area contributed by atoms with Gasteiger partial charge in [-0.1, -0.05) is 36.4 Å². The number of rotatable bonds is 4. The molecular formula is C20H23F3N6. The van der Waals surface area contributed by atoms with Crippen molar-refractivity contribution in [3.63, 3.8) is 0 Å². The second kappa shape index (κ2) is 7.81. The van der Waals surface area contributed by atoms with Gasteiger partial charge in [-0.15, -0.1) is 10.2 Å². The molecule has 6 nitrogen and oxygen atoms in total. The molecule has 3 rings (SSSR count). The van der Waals surface area contributed by atoms with E-state index in [1.807, 2.05) is 47.6 Å². The molecule has 0 saturated heterocycles. The summed E-state index contributed by atoms with van der Waals surface area (Å²) in [5, 5.41) is 16.9. The van der Waals surface area contributed by atoms with E-state index in [-0.39, 0.29) is 11.7 Å². The molecule has 1 aliphatic heterocycles. The summed E-state index contributed by atoms with van der Waals surface area (Å²) in [6, 6.07) is 7.56. The Morgan fingerprint density at radius 3 is 2.52 bits per heavy atom. The zero-order valence-electron chi connectivity index (χ0n) is 16.6. The smallest absolute Gasteiger partial charge is 0.345 e. The Balaban J connectivity index is 1.81. The van der Waals surface area contributed by atoms with Gasteiger partial charge in [0.25, 0.3) is 0 Å². The minimum Gasteiger partial charge on any atom is -0.345 e. The second-order valence-electron chi connectivity index (χ2n) is 7.17. The van der Waals surface area contributed by atoms with Crippen LogP contribution in [-0.4, -0.2) is 43.9 Å². The Hall–Kier alpha value is -2.97. The van der Waals surface area contributed by atoms with Crippen LogP contribution in [0.1, 0.15) is 49.1 Å². The summed E-state index contributed by atoms with van der Waals surface area (Å²) < 4.78 is 39.4. The number of alkyl halides is 3. The Kier molecular flexibility index (Phi) is 5.59. The van der Waals surface area contributed by atoms with E-state index in [1.54, 1.807) is 6.92 Å². The number of hydrogen-bond donors (Lipinski definition) is 1. The predicted molar refractivity (Wildman–Crippen MR) is 105 cm³/mol. The first-order chi connectivity index (χ1) is 13.6. The zero-order chi connectivity index (χ0) is 21.3. The van der Waals surface area contributed by atoms with Crippen LogP contribution in [0.15, 0.2) is 41.5 Å². The van der Waals surface area contributed by atoms with Crippen LogP contribution >= 0.6 is 0 Å². The lowest BCUT2D eigenvalue weighted by atomic mass is 10.1. The van der Waals surface area contributed by atoms with Crippen molar-refractivity contribution in [1.82, 2.24) is 19.7 Å². The molecule has 0 aliphatic carbocycles. The van der Waals surface area contributed by atoms with Gasteiger partial charge < -0.3 is 9.47 Å². The van der Waals surface area contributed by atoms with Crippen molar-refractivity contribution >= 4 is 11.5 Å². The SMILES string of the molecule is C=C(CC(F)(F)F)N=C(C)c1nnc2n1CCN(C(=N)c1ccc(C)cc1)[C@@H]2C. The molecule has 2 heterocycles. The Labute approximate surface area is 167 Å². The number of fused-ring (bicyclic) bond motifs is 1. The highest BCUT2D eigenvalue weighted by molar-refractivity contribution is 5.97. The molecule has 1 atom stereocenters. The fourth-order valence-electron chi connectivity index (χ4n) is 3.39. The van der Waals surface area contributed by atoms with E-state index in [4.69, 9.17) is 5.41 Å². The van der Waals surface area contributed by atoms with Gasteiger partial charge in [-0.3, -0.25) is 10.4 Å². The third-order valence-corrected chi connectivity index (χ3v) is 4.85. The molecule has 0 fully saturated rings. The molecule has 0 amide bonds. The Morgan fingerprint density at radius 2 is 1.90 bits per heavy atom. The van der Waals surface area contributed by atoms with E-state index in [0.29, 0.717) is 36.3 Å². The molecule has 1 aromatic heterocycles. The largest absolute Gasteiger partial charge is 0.394 e. The first-order valence-corrected chi connectivity index (χ1v) is 9.22. The fourth-order valence-corrected chi connectivity index (χ4v) is 3.39. The maximum atomic E-state index is 12.5. The number of amidine groups is 1. The van der Waals surface area contributed by atoms with Crippen LogP contribution in [-0.2, 0) is 6.54 Å². The Morgan fingerprint density at radius 1 is 1.24 bits per heavy atom. The predicted octanol–water partition coefficient (Wildman–Crippen LogP) is 4.26. The Bertz CT molecular complexity index is 956. The maximum Gasteiger partial charge on any atom is 0.394 e. The van der Waals surface area contributed by atoms with E-state index >= 15 is 0 Å². The average molecular weight is 404 g/mol. The highest BCUT2D eigenvalue weighted by atomic mass is 19.4. The van der Waals surface area contributed by atoms with Gasteiger partial charge in [-0.25, -0.2) is 0 Å². The molecular weight excluding hydrogens is 381 g/mol. The molecule has 1 aliphatic rings. The summed E-state index contributed by atoms with van der Waals surface area (Å²) >= 11 is 0. The maximum absolute atomic E-state index is 12.5. The molecule has 0 spiro atoms. The summed E-state index contributed by atoms with van der Waals surface area (Å²) in [7, 11) is 0. The molecule has 0 bridgehead atoms. The number of aliphatic imine (C=N–C) groups is 1. The summed E-state index contributed by atoms with van der Waals surface area (Å²) in [5.41, 5.74) is 2.02. The van der Waals surface area contributed by atoms with Crippen LogP contribution in [0.4, 0.5) is 13.2 Å². The highest BCUT2D eigenvalue weighted by Crippen LogP contribution is 2.27. The van der Waals surface area contributed by atoms with Crippen molar-refractivity contribution < 1.29 is 13.2 Å². The molecule has 9 heteroatoms. The number of aryl methyl sites for hydroxylation is 1. The van der Waals surface area contributed by atoms with Crippen LogP contribution < -0.4 is 0 Å². The second-order valence-corrected chi connectivity index (χ2v) is 7.17. The van der Waals surface area contributed by atoms with Crippen LogP contribution in [0.2, 0.25) is 0 Å². The van der Waals surface area contributed by atoms with E-state index in [1.165, 1.54) is 0 Å². The van der Waals surface area contributed by atoms with Crippen molar-refractivity contribution in [2.24, 2.45) is 4.99 Å². The summed E-state index contributed by atoms with van der Waals surface area (Å²) in [6.07, 6.45) is -5.51. The quantitative estimate of drug-likeness (QED) is 0.611. The van der Waals surface area contributed by atoms with Gasteiger partial charge in [-0.05, 0) is 20.8 Å². The molecule has 2 aromatic rings. The van der Waals surface area contributed by atoms with E-state index in [0.717, 1.165) is 11.1 Å². The van der Waals surface area contributed by atoms with Gasteiger partial charge in [0.05, 0.1) is 18.2 Å². The fraction of sp³-hybridized carbons (Fsp3) is 0.400. The lowest BCUT2D eigenvalue weighted by Gasteiger charge is -2.35. The van der Waals surface area contributed by atoms with Gasteiger partial charge in [-0.2, -0.15) is 13.2 Å². The van der Waals surface area contributed by atoms with Gasteiger partial charge in [0.15, 0.2) is 11.6 Å². The summed E-state index contributed by atoms with van der Waals surface area (Å²) in [4.78, 5) is 5.91. The van der Waals surface area contributed by atoms with Gasteiger partial charge >= 0.3 is 6.18 Å². The molecule has 0 saturated carbocycles. The number of allylic oxidation sites excluding steroid dienone is 1. The molecule has 154 valence electrons. The first-order valence-electron chi connectivity index (χ1n) is 9.22. The van der Waals surface area contributed by atoms with Crippen LogP contribution in [0.3, 0.4) is 0 Å². The molecule has 0 unspecified atom stereocenters. The van der Waals surface area contributed by atoms with Gasteiger partial charge in [0.2, 0.25) is 0 Å². The number of nitrogens with zero attached hydrogens (tertiary/aromatic N) is 5. The van der Waals surface area contributed by atoms with Gasteiger partial charge in [0.1, 0.15) is 5.84 Å². The van der Waals surface area contributed by atoms with Crippen LogP contribution in [0.25, 0.3) is 0 Å². The first kappa shape index (κ1) is 20.8. The molecule has 1 N–H and O–H groups in total. The minimum atomic E-state index is -4.35. The molecule has 29 heavy (non-hydrogen) atoms. The normalized spacial score (nSPS) is 17.2. The van der Waals surface area contributed by atoms with Crippen molar-refractivity contribution in [3.8, 4) is 0 Å². The van der Waals surface area contributed by atoms with E-state index in [9.17, 15) is 13.2 Å². The number of halogens is 3. The number of benzene rings is 1. The van der Waals surface area contributed by atoms with Crippen LogP contribution in [0, 0.1) is 12.3 Å². The van der Waals surface area contributed by atoms with Crippen molar-refractivity contribution in [2.45, 2.75) is 46.0 Å². The number of nitrogens with one attached hydrogen (secondary N) is 1. The van der Waals surface area contributed by atoms with Crippen LogP contribution in [0.5, 0.6) is 0 Å². The average Bonchev–Trinajstić information content (AvgIpc) is 3.05. The molecule has 1 aromatic carbocycles. The molecule has 0 radical (unpaired) electrons. The number of hydrogen-bond acceptors (Lipinski definition) is 4. The monoisotopic (exact) mass is 404 g/mol. The van der Waals surface area contributed by atoms with E-state index < -0.39 is 12.6 Å².